The van der Waals surface area contributed by atoms with Crippen LogP contribution in [-0.2, 0) is 41.5 Å². The van der Waals surface area contributed by atoms with Crippen LogP contribution in [0.4, 0.5) is 62.1 Å². The molecular formula is C73H80F3N24O22P3. The summed E-state index contributed by atoms with van der Waals surface area (Å²) < 4.78 is 122. The Morgan fingerprint density at radius 2 is 0.928 bits per heavy atom. The maximum Gasteiger partial charge on any atom is 0.472 e. The van der Waals surface area contributed by atoms with Gasteiger partial charge in [-0.2, -0.15) is 29.9 Å². The first-order valence-electron chi connectivity index (χ1n) is 38.4. The molecule has 15 N–H and O–H groups in total. The van der Waals surface area contributed by atoms with E-state index in [4.69, 9.17) is 84.2 Å². The minimum Gasteiger partial charge on any atom is -0.421 e. The second-order valence-corrected chi connectivity index (χ2v) is 34.2. The van der Waals surface area contributed by atoms with E-state index < -0.39 is 85.7 Å². The van der Waals surface area contributed by atoms with Crippen LogP contribution < -0.4 is 60.4 Å². The van der Waals surface area contributed by atoms with Gasteiger partial charge in [0.1, 0.15) is 69.6 Å². The van der Waals surface area contributed by atoms with Crippen LogP contribution >= 0.6 is 23.5 Å². The number of hydrogen-bond acceptors (Lipinski definition) is 34. The average Bonchev–Trinajstić information content (AvgIpc) is 1.58. The monoisotopic (exact) mass is 1790 g/mol. The molecule has 13 heterocycles. The fourth-order valence-corrected chi connectivity index (χ4v) is 16.5. The summed E-state index contributed by atoms with van der Waals surface area (Å²) >= 11 is 0. The summed E-state index contributed by atoms with van der Waals surface area (Å²) in [6.45, 7) is 6.20. The lowest BCUT2D eigenvalue weighted by molar-refractivity contribution is 0.0424. The Kier molecular flexibility index (Phi) is 23.7. The third-order valence-corrected chi connectivity index (χ3v) is 23.4. The number of aromatic amines is 3. The van der Waals surface area contributed by atoms with Crippen molar-refractivity contribution in [3.63, 3.8) is 0 Å². The number of halogens is 3. The van der Waals surface area contributed by atoms with Gasteiger partial charge >= 0.3 is 59.8 Å². The number of carbonyl (C=O) groups is 3. The van der Waals surface area contributed by atoms with E-state index in [1.807, 2.05) is 4.90 Å². The van der Waals surface area contributed by atoms with Gasteiger partial charge in [-0.05, 0) is 108 Å². The van der Waals surface area contributed by atoms with Crippen molar-refractivity contribution in [3.05, 3.63) is 109 Å². The molecule has 46 nitrogen and oxygen atoms in total. The molecule has 2 saturated carbocycles. The predicted octanol–water partition coefficient (Wildman–Crippen LogP) is 7.74. The molecule has 1 spiro atoms. The molecule has 3 aromatic carbocycles. The van der Waals surface area contributed by atoms with Crippen LogP contribution in [0.25, 0.3) is 65.8 Å². The number of phosphoric acid groups is 3. The third-order valence-electron chi connectivity index (χ3n) is 22.1. The lowest BCUT2D eigenvalue weighted by Crippen LogP contribution is -2.41. The van der Waals surface area contributed by atoms with E-state index in [0.717, 1.165) is 78.1 Å². The minimum atomic E-state index is -4.87. The Morgan fingerprint density at radius 1 is 0.536 bits per heavy atom. The number of phosphoric ester groups is 3. The normalized spacial score (nSPS) is 19.1. The molecule has 6 fully saturated rings. The van der Waals surface area contributed by atoms with Crippen LogP contribution in [0, 0.1) is 48.5 Å². The van der Waals surface area contributed by atoms with Crippen molar-refractivity contribution in [2.75, 3.05) is 110 Å². The van der Waals surface area contributed by atoms with Crippen molar-refractivity contribution >= 4 is 142 Å². The lowest BCUT2D eigenvalue weighted by Gasteiger charge is -2.31. The van der Waals surface area contributed by atoms with Gasteiger partial charge in [-0.1, -0.05) is 0 Å². The van der Waals surface area contributed by atoms with Gasteiger partial charge in [0.15, 0.2) is 23.1 Å². The standard InChI is InChI=1S/C25H28FN8O8P.2C24H26FN8O7P/c1-11(35)21-28-7-15(8-29-21)42-24-31-22-19(23(32-24)34-9-12-3-14(34)6-17(12)27)16-4-13(26)5-18(20(16)30-22)33(2)25(36)40-10-41-43(37,38)39;1-12-27-7-14(8-28-12)40-22-30-20-18(21(31-22)33-9-17(26)24(10-33)3-4-24)15-5-13(25)6-16(19(15)29-20)32(2)23(34)38-11-39-41(35,36)37;1-12-27-7-15(8-28-12)40-23-30-21-19(22(31-23)33-9-13-3-4-26-17(13)10-33)16-5-14(25)6-18(20(16)29-21)32(2)24(34)38-11-39-41(35,36)37/h4-5,7-8,11-12,14,17,35H,3,6,9-10,27H2,1-2H3,(H,30,31,32)(H2,37,38,39);5-8,17H,3-4,9-11,26H2,1-2H3,(H,29,30,31)(H2,35,36,37);5-8,13,17,26H,3-4,9-11H2,1-2H3,(H,29,30,31)(H2,35,36,37)/t11-,12-,14-,17-;17-;13-,17+/m101/s1. The molecule has 52 heteroatoms. The van der Waals surface area contributed by atoms with Gasteiger partial charge in [-0.15, -0.1) is 0 Å². The maximum absolute atomic E-state index is 15.1. The fraction of sp³-hybridized carbons (Fsp3) is 0.384. The number of amides is 3. The van der Waals surface area contributed by atoms with E-state index in [1.165, 1.54) is 83.4 Å². The number of nitrogens with two attached hydrogens (primary N) is 2. The molecule has 7 atom stereocenters. The molecule has 0 unspecified atom stereocenters. The van der Waals surface area contributed by atoms with Gasteiger partial charge in [-0.3, -0.25) is 14.7 Å². The molecule has 2 aliphatic carbocycles. The number of hydrogen-bond donors (Lipinski definition) is 13. The first kappa shape index (κ1) is 86.6. The maximum atomic E-state index is 15.1. The number of benzene rings is 3. The van der Waals surface area contributed by atoms with Crippen molar-refractivity contribution < 1.29 is 118 Å². The van der Waals surface area contributed by atoms with E-state index in [2.05, 4.69) is 88.5 Å². The van der Waals surface area contributed by atoms with Crippen molar-refractivity contribution in [1.29, 1.82) is 0 Å². The van der Waals surface area contributed by atoms with Crippen LogP contribution in [0.5, 0.6) is 35.3 Å². The molecule has 0 radical (unpaired) electrons. The molecule has 3 amide bonds. The Bertz CT molecular complexity index is 6320. The Hall–Kier alpha value is -11.9. The first-order valence-corrected chi connectivity index (χ1v) is 43.0. The summed E-state index contributed by atoms with van der Waals surface area (Å²) in [6.07, 6.45) is 9.48. The van der Waals surface area contributed by atoms with E-state index in [1.54, 1.807) is 13.8 Å². The number of anilines is 6. The first-order chi connectivity index (χ1) is 59.3. The number of aromatic nitrogens is 15. The van der Waals surface area contributed by atoms with Gasteiger partial charge in [0.05, 0.1) is 87.0 Å². The Balaban J connectivity index is 0.000000138. The van der Waals surface area contributed by atoms with E-state index in [0.29, 0.717) is 145 Å². The summed E-state index contributed by atoms with van der Waals surface area (Å²) in [4.78, 5) is 162. The quantitative estimate of drug-likeness (QED) is 0.0175. The smallest absolute Gasteiger partial charge is 0.421 e. The van der Waals surface area contributed by atoms with Crippen LogP contribution in [0.3, 0.4) is 0 Å². The van der Waals surface area contributed by atoms with E-state index in [-0.39, 0.29) is 76.1 Å². The van der Waals surface area contributed by atoms with Gasteiger partial charge in [-0.25, -0.2) is 84.7 Å². The van der Waals surface area contributed by atoms with Crippen LogP contribution in [0.2, 0.25) is 0 Å². The van der Waals surface area contributed by atoms with Gasteiger partial charge in [0.2, 0.25) is 20.4 Å². The molecule has 9 aromatic heterocycles. The number of ether oxygens (including phenoxy) is 6. The van der Waals surface area contributed by atoms with Crippen LogP contribution in [0.1, 0.15) is 62.6 Å². The number of H-pyrrole nitrogens is 3. The van der Waals surface area contributed by atoms with Gasteiger partial charge in [0.25, 0.3) is 0 Å². The zero-order chi connectivity index (χ0) is 88.6. The number of fused-ring (bicyclic) bond motifs is 12. The van der Waals surface area contributed by atoms with Crippen LogP contribution in [-0.4, -0.2) is 232 Å². The zero-order valence-electron chi connectivity index (χ0n) is 66.8. The number of rotatable bonds is 22. The number of aliphatic hydroxyl groups excluding tert-OH is 1. The van der Waals surface area contributed by atoms with Crippen molar-refractivity contribution in [1.82, 2.24) is 80.1 Å². The van der Waals surface area contributed by atoms with E-state index >= 15 is 13.2 Å². The Morgan fingerprint density at radius 3 is 1.29 bits per heavy atom. The largest absolute Gasteiger partial charge is 0.472 e. The topological polar surface area (TPSA) is 613 Å². The zero-order valence-corrected chi connectivity index (χ0v) is 69.5. The molecule has 18 rings (SSSR count). The highest BCUT2D eigenvalue weighted by atomic mass is 31.2. The summed E-state index contributed by atoms with van der Waals surface area (Å²) in [6, 6.07) is 7.66. The lowest BCUT2D eigenvalue weighted by atomic mass is 10.0. The molecule has 4 aliphatic heterocycles. The van der Waals surface area contributed by atoms with Crippen molar-refractivity contribution in [3.8, 4) is 35.3 Å². The summed E-state index contributed by atoms with van der Waals surface area (Å²) in [5, 5.41) is 16.0. The third kappa shape index (κ3) is 18.8. The highest BCUT2D eigenvalue weighted by Gasteiger charge is 2.54. The molecule has 12 aromatic rings. The van der Waals surface area contributed by atoms with Crippen LogP contribution in [0.15, 0.2) is 73.6 Å². The summed E-state index contributed by atoms with van der Waals surface area (Å²) in [7, 11) is -10.6. The van der Waals surface area contributed by atoms with E-state index in [9.17, 15) is 33.2 Å². The number of nitrogens with zero attached hydrogens (tertiary/aromatic N) is 18. The molecule has 4 saturated heterocycles. The molecule has 125 heavy (non-hydrogen) atoms. The highest BCUT2D eigenvalue weighted by Crippen LogP contribution is 2.54. The average molecular weight is 1800 g/mol. The van der Waals surface area contributed by atoms with Crippen molar-refractivity contribution in [2.45, 2.75) is 83.1 Å². The SMILES string of the molecule is C[C@@H](O)c1ncc(Oc2nc(N3C[C@H]4C[C@@H]3C[C@H]4N)c3c(n2)[nH]c2c(N(C)C(=O)OCOP(=O)(O)O)cc(F)cc23)cn1.Cc1ncc(Oc2nc(N3C[C@H](N)C4(CC4)C3)c3c(n2)[nH]c2c(N(C)C(=O)OCOP(=O)(O)O)cc(F)cc23)cn1.Cc1ncc(Oc2nc(N3C[C@H]4CCN[C@H]4C3)c3c(n2)[nH]c2c(N(C)C(=O)OCOP(=O)(O)O)cc(F)cc23)cn1. The second-order valence-electron chi connectivity index (χ2n) is 30.5. The fourth-order valence-electron chi connectivity index (χ4n) is 15.9. The molecule has 660 valence electrons. The number of carbonyl (C=O) groups excluding carboxylic acids is 3. The molecular weight excluding hydrogens is 1710 g/mol. The molecule has 6 aliphatic rings. The second kappa shape index (κ2) is 34.2. The summed E-state index contributed by atoms with van der Waals surface area (Å²) in [5.74, 6) is 2.49. The highest BCUT2D eigenvalue weighted by molar-refractivity contribution is 7.46. The molecule has 2 bridgehead atoms. The van der Waals surface area contributed by atoms with Gasteiger partial charge in [0, 0.05) is 99.6 Å². The Labute approximate surface area is 702 Å². The van der Waals surface area contributed by atoms with Crippen molar-refractivity contribution in [2.24, 2.45) is 28.7 Å². The number of nitrogens with one attached hydrogen (secondary N) is 4. The minimum absolute atomic E-state index is 0.00111. The summed E-state index contributed by atoms with van der Waals surface area (Å²) in [5.41, 5.74) is 15.0. The number of piperidine rings is 1. The number of aliphatic hydroxyl groups is 1. The van der Waals surface area contributed by atoms with Gasteiger partial charge < -0.3 is 109 Å². The predicted molar refractivity (Wildman–Crippen MR) is 435 cm³/mol. The number of aryl methyl sites for hydroxylation is 2.